The predicted octanol–water partition coefficient (Wildman–Crippen LogP) is 2.00. The van der Waals surface area contributed by atoms with Gasteiger partial charge in [0, 0.05) is 26.3 Å². The van der Waals surface area contributed by atoms with Gasteiger partial charge in [0.05, 0.1) is 5.56 Å². The number of benzene rings is 1. The van der Waals surface area contributed by atoms with Crippen LogP contribution in [0.4, 0.5) is 4.79 Å². The van der Waals surface area contributed by atoms with Crippen LogP contribution in [0.15, 0.2) is 24.3 Å². The molecule has 3 N–H and O–H groups in total. The SMILES string of the molecule is O=C(NCCC1CCOCC1)NCc1ccc(C(=O)O)cc1. The summed E-state index contributed by atoms with van der Waals surface area (Å²) < 4.78 is 5.30. The second-order valence-electron chi connectivity index (χ2n) is 5.46. The minimum absolute atomic E-state index is 0.200. The van der Waals surface area contributed by atoms with Gasteiger partial charge in [0.25, 0.3) is 0 Å². The summed E-state index contributed by atoms with van der Waals surface area (Å²) in [6.45, 7) is 2.68. The number of carbonyl (C=O) groups is 2. The molecular formula is C16H22N2O4. The standard InChI is InChI=1S/C16H22N2O4/c19-15(20)14-3-1-13(2-4-14)11-18-16(21)17-8-5-12-6-9-22-10-7-12/h1-4,12H,5-11H2,(H,19,20)(H2,17,18,21). The summed E-state index contributed by atoms with van der Waals surface area (Å²) in [7, 11) is 0. The van der Waals surface area contributed by atoms with Crippen molar-refractivity contribution in [1.29, 1.82) is 0 Å². The molecule has 1 aromatic rings. The number of hydrogen-bond donors (Lipinski definition) is 3. The van der Waals surface area contributed by atoms with Crippen LogP contribution in [0.25, 0.3) is 0 Å². The summed E-state index contributed by atoms with van der Waals surface area (Å²) in [4.78, 5) is 22.4. The monoisotopic (exact) mass is 306 g/mol. The Kier molecular flexibility index (Phi) is 6.21. The summed E-state index contributed by atoms with van der Waals surface area (Å²) in [5.74, 6) is -0.317. The molecule has 120 valence electrons. The van der Waals surface area contributed by atoms with Crippen LogP contribution in [0.2, 0.25) is 0 Å². The maximum absolute atomic E-state index is 11.7. The van der Waals surface area contributed by atoms with E-state index in [2.05, 4.69) is 10.6 Å². The Labute approximate surface area is 129 Å². The number of rotatable bonds is 6. The molecule has 6 nitrogen and oxygen atoms in total. The quantitative estimate of drug-likeness (QED) is 0.750. The molecule has 6 heteroatoms. The maximum Gasteiger partial charge on any atom is 0.335 e. The van der Waals surface area contributed by atoms with E-state index in [-0.39, 0.29) is 11.6 Å². The highest BCUT2D eigenvalue weighted by Crippen LogP contribution is 2.17. The van der Waals surface area contributed by atoms with E-state index in [0.29, 0.717) is 19.0 Å². The van der Waals surface area contributed by atoms with E-state index in [0.717, 1.165) is 38.0 Å². The van der Waals surface area contributed by atoms with Crippen LogP contribution >= 0.6 is 0 Å². The lowest BCUT2D eigenvalue weighted by atomic mass is 9.97. The van der Waals surface area contributed by atoms with Crippen LogP contribution in [0.1, 0.15) is 35.2 Å². The van der Waals surface area contributed by atoms with Crippen molar-refractivity contribution in [1.82, 2.24) is 10.6 Å². The van der Waals surface area contributed by atoms with Gasteiger partial charge in [0.1, 0.15) is 0 Å². The van der Waals surface area contributed by atoms with E-state index in [1.54, 1.807) is 12.1 Å². The van der Waals surface area contributed by atoms with Crippen molar-refractivity contribution in [2.45, 2.75) is 25.8 Å². The first-order valence-electron chi connectivity index (χ1n) is 7.57. The van der Waals surface area contributed by atoms with Crippen molar-refractivity contribution < 1.29 is 19.4 Å². The van der Waals surface area contributed by atoms with Crippen molar-refractivity contribution >= 4 is 12.0 Å². The van der Waals surface area contributed by atoms with Crippen LogP contribution in [0.5, 0.6) is 0 Å². The number of urea groups is 1. The fraction of sp³-hybridized carbons (Fsp3) is 0.500. The minimum atomic E-state index is -0.953. The fourth-order valence-corrected chi connectivity index (χ4v) is 2.43. The number of ether oxygens (including phenoxy) is 1. The summed E-state index contributed by atoms with van der Waals surface area (Å²) in [6.07, 6.45) is 3.11. The molecule has 0 spiro atoms. The van der Waals surface area contributed by atoms with E-state index in [4.69, 9.17) is 9.84 Å². The Hall–Kier alpha value is -2.08. The minimum Gasteiger partial charge on any atom is -0.478 e. The zero-order valence-corrected chi connectivity index (χ0v) is 12.5. The van der Waals surface area contributed by atoms with Crippen LogP contribution < -0.4 is 10.6 Å². The van der Waals surface area contributed by atoms with Gasteiger partial charge in [-0.3, -0.25) is 0 Å². The van der Waals surface area contributed by atoms with Gasteiger partial charge in [0.15, 0.2) is 0 Å². The Bertz CT molecular complexity index is 495. The van der Waals surface area contributed by atoms with Gasteiger partial charge < -0.3 is 20.5 Å². The van der Waals surface area contributed by atoms with E-state index in [9.17, 15) is 9.59 Å². The van der Waals surface area contributed by atoms with Gasteiger partial charge in [-0.2, -0.15) is 0 Å². The number of carboxylic acids is 1. The fourth-order valence-electron chi connectivity index (χ4n) is 2.43. The van der Waals surface area contributed by atoms with Crippen molar-refractivity contribution in [3.63, 3.8) is 0 Å². The first-order valence-corrected chi connectivity index (χ1v) is 7.57. The zero-order valence-electron chi connectivity index (χ0n) is 12.5. The molecule has 1 fully saturated rings. The number of carboxylic acid groups (broad SMARTS) is 1. The topological polar surface area (TPSA) is 87.7 Å². The molecule has 1 aromatic carbocycles. The Balaban J connectivity index is 1.63. The normalized spacial score (nSPS) is 15.3. The molecule has 0 aromatic heterocycles. The average molecular weight is 306 g/mol. The first kappa shape index (κ1) is 16.3. The van der Waals surface area contributed by atoms with E-state index < -0.39 is 5.97 Å². The number of carbonyl (C=O) groups excluding carboxylic acids is 1. The molecule has 0 atom stereocenters. The zero-order chi connectivity index (χ0) is 15.8. The van der Waals surface area contributed by atoms with Gasteiger partial charge in [-0.1, -0.05) is 12.1 Å². The van der Waals surface area contributed by atoms with Gasteiger partial charge in [0.2, 0.25) is 0 Å². The van der Waals surface area contributed by atoms with Gasteiger partial charge >= 0.3 is 12.0 Å². The van der Waals surface area contributed by atoms with Gasteiger partial charge in [-0.15, -0.1) is 0 Å². The van der Waals surface area contributed by atoms with Crippen molar-refractivity contribution in [3.8, 4) is 0 Å². The van der Waals surface area contributed by atoms with Gasteiger partial charge in [-0.05, 0) is 42.9 Å². The molecule has 2 rings (SSSR count). The van der Waals surface area contributed by atoms with Crippen molar-refractivity contribution in [2.24, 2.45) is 5.92 Å². The third-order valence-corrected chi connectivity index (χ3v) is 3.83. The van der Waals surface area contributed by atoms with E-state index >= 15 is 0 Å². The highest BCUT2D eigenvalue weighted by Gasteiger charge is 2.13. The Morgan fingerprint density at radius 2 is 1.82 bits per heavy atom. The van der Waals surface area contributed by atoms with Crippen LogP contribution in [-0.4, -0.2) is 36.9 Å². The number of hydrogen-bond acceptors (Lipinski definition) is 3. The number of nitrogens with one attached hydrogen (secondary N) is 2. The molecule has 22 heavy (non-hydrogen) atoms. The number of aromatic carboxylic acids is 1. The molecule has 1 aliphatic heterocycles. The molecule has 0 bridgehead atoms. The summed E-state index contributed by atoms with van der Waals surface area (Å²) in [5.41, 5.74) is 1.11. The third-order valence-electron chi connectivity index (χ3n) is 3.83. The third kappa shape index (κ3) is 5.37. The van der Waals surface area contributed by atoms with Crippen LogP contribution in [0, 0.1) is 5.92 Å². The Morgan fingerprint density at radius 3 is 2.45 bits per heavy atom. The average Bonchev–Trinajstić information content (AvgIpc) is 2.54. The summed E-state index contributed by atoms with van der Waals surface area (Å²) >= 11 is 0. The van der Waals surface area contributed by atoms with E-state index in [1.807, 2.05) is 0 Å². The largest absolute Gasteiger partial charge is 0.478 e. The van der Waals surface area contributed by atoms with Crippen molar-refractivity contribution in [2.75, 3.05) is 19.8 Å². The smallest absolute Gasteiger partial charge is 0.335 e. The molecule has 2 amide bonds. The van der Waals surface area contributed by atoms with Crippen LogP contribution in [-0.2, 0) is 11.3 Å². The predicted molar refractivity (Wildman–Crippen MR) is 81.8 cm³/mol. The highest BCUT2D eigenvalue weighted by molar-refractivity contribution is 5.87. The second-order valence-corrected chi connectivity index (χ2v) is 5.46. The first-order chi connectivity index (χ1) is 10.6. The highest BCUT2D eigenvalue weighted by atomic mass is 16.5. The lowest BCUT2D eigenvalue weighted by molar-refractivity contribution is 0.0641. The lowest BCUT2D eigenvalue weighted by Crippen LogP contribution is -2.36. The van der Waals surface area contributed by atoms with Crippen molar-refractivity contribution in [3.05, 3.63) is 35.4 Å². The molecule has 1 aliphatic rings. The molecule has 1 heterocycles. The molecular weight excluding hydrogens is 284 g/mol. The molecule has 0 saturated carbocycles. The molecule has 0 radical (unpaired) electrons. The second kappa shape index (κ2) is 8.38. The molecule has 0 unspecified atom stereocenters. The maximum atomic E-state index is 11.7. The molecule has 0 aliphatic carbocycles. The van der Waals surface area contributed by atoms with E-state index in [1.165, 1.54) is 12.1 Å². The Morgan fingerprint density at radius 1 is 1.14 bits per heavy atom. The van der Waals surface area contributed by atoms with Gasteiger partial charge in [-0.25, -0.2) is 9.59 Å². The summed E-state index contributed by atoms with van der Waals surface area (Å²) in [6, 6.07) is 6.26. The summed E-state index contributed by atoms with van der Waals surface area (Å²) in [5, 5.41) is 14.4. The lowest BCUT2D eigenvalue weighted by Gasteiger charge is -2.21. The van der Waals surface area contributed by atoms with Crippen LogP contribution in [0.3, 0.4) is 0 Å². The number of amides is 2. The molecule has 1 saturated heterocycles.